The van der Waals surface area contributed by atoms with Gasteiger partial charge in [0.1, 0.15) is 11.5 Å². The Labute approximate surface area is 126 Å². The Morgan fingerprint density at radius 1 is 1.33 bits per heavy atom. The molecule has 0 bridgehead atoms. The molecule has 0 aliphatic heterocycles. The lowest BCUT2D eigenvalue weighted by atomic mass is 9.96. The van der Waals surface area contributed by atoms with Gasteiger partial charge in [-0.15, -0.1) is 0 Å². The highest BCUT2D eigenvalue weighted by atomic mass is 16.3. The molecule has 0 amide bonds. The monoisotopic (exact) mass is 287 g/mol. The Bertz CT molecular complexity index is 639. The smallest absolute Gasteiger partial charge is 0.105 e. The van der Waals surface area contributed by atoms with Crippen molar-refractivity contribution in [2.24, 2.45) is 7.05 Å². The summed E-state index contributed by atoms with van der Waals surface area (Å²) in [5, 5.41) is 8.31. The number of rotatable bonds is 4. The molecular formula is C17H25N3O. The molecule has 1 N–H and O–H groups in total. The van der Waals surface area contributed by atoms with Crippen molar-refractivity contribution < 1.29 is 4.42 Å². The van der Waals surface area contributed by atoms with Crippen LogP contribution in [0.2, 0.25) is 0 Å². The highest BCUT2D eigenvalue weighted by Gasteiger charge is 2.20. The molecule has 1 atom stereocenters. The van der Waals surface area contributed by atoms with Crippen molar-refractivity contribution in [2.75, 3.05) is 0 Å². The zero-order chi connectivity index (χ0) is 15.0. The van der Waals surface area contributed by atoms with Crippen molar-refractivity contribution in [1.29, 1.82) is 0 Å². The summed E-state index contributed by atoms with van der Waals surface area (Å²) in [6.07, 6.45) is 4.89. The number of fused-ring (bicyclic) bond motifs is 1. The third-order valence-electron chi connectivity index (χ3n) is 4.57. The summed E-state index contributed by atoms with van der Waals surface area (Å²) in [7, 11) is 2.06. The predicted octanol–water partition coefficient (Wildman–Crippen LogP) is 3.36. The second kappa shape index (κ2) is 5.68. The van der Waals surface area contributed by atoms with Crippen LogP contribution >= 0.6 is 0 Å². The van der Waals surface area contributed by atoms with Crippen LogP contribution in [0.15, 0.2) is 10.5 Å². The van der Waals surface area contributed by atoms with E-state index in [1.54, 1.807) is 0 Å². The molecule has 2 heterocycles. The third kappa shape index (κ3) is 2.77. The van der Waals surface area contributed by atoms with Crippen molar-refractivity contribution in [1.82, 2.24) is 15.1 Å². The van der Waals surface area contributed by atoms with E-state index in [1.807, 2.05) is 13.8 Å². The molecular weight excluding hydrogens is 262 g/mol. The maximum absolute atomic E-state index is 5.63. The van der Waals surface area contributed by atoms with Crippen LogP contribution in [0.3, 0.4) is 0 Å². The topological polar surface area (TPSA) is 43.0 Å². The van der Waals surface area contributed by atoms with E-state index in [1.165, 1.54) is 41.8 Å². The molecule has 4 nitrogen and oxygen atoms in total. The SMILES string of the molecule is Cc1cc(C(C)NCc2c3c(nn2C)CCCC3)c(C)o1. The van der Waals surface area contributed by atoms with Gasteiger partial charge in [-0.1, -0.05) is 0 Å². The second-order valence-electron chi connectivity index (χ2n) is 6.17. The lowest BCUT2D eigenvalue weighted by molar-refractivity contribution is 0.486. The summed E-state index contributed by atoms with van der Waals surface area (Å²) in [6.45, 7) is 7.09. The fourth-order valence-electron chi connectivity index (χ4n) is 3.41. The molecule has 0 radical (unpaired) electrons. The number of furan rings is 1. The van der Waals surface area contributed by atoms with E-state index in [0.717, 1.165) is 24.5 Å². The quantitative estimate of drug-likeness (QED) is 0.937. The van der Waals surface area contributed by atoms with Gasteiger partial charge in [-0.2, -0.15) is 5.10 Å². The molecule has 4 heteroatoms. The average Bonchev–Trinajstić information content (AvgIpc) is 2.95. The van der Waals surface area contributed by atoms with Crippen LogP contribution in [0.25, 0.3) is 0 Å². The van der Waals surface area contributed by atoms with Crippen LogP contribution < -0.4 is 5.32 Å². The van der Waals surface area contributed by atoms with E-state index in [-0.39, 0.29) is 6.04 Å². The zero-order valence-corrected chi connectivity index (χ0v) is 13.5. The predicted molar refractivity (Wildman–Crippen MR) is 83.3 cm³/mol. The van der Waals surface area contributed by atoms with E-state index in [2.05, 4.69) is 35.1 Å². The molecule has 114 valence electrons. The maximum atomic E-state index is 5.63. The van der Waals surface area contributed by atoms with Crippen LogP contribution in [-0.2, 0) is 26.4 Å². The minimum Gasteiger partial charge on any atom is -0.466 e. The van der Waals surface area contributed by atoms with E-state index >= 15 is 0 Å². The summed E-state index contributed by atoms with van der Waals surface area (Å²) >= 11 is 0. The standard InChI is InChI=1S/C17H25N3O/c1-11-9-15(13(3)21-11)12(2)18-10-17-14-7-5-6-8-16(14)19-20(17)4/h9,12,18H,5-8,10H2,1-4H3. The fraction of sp³-hybridized carbons (Fsp3) is 0.588. The number of aryl methyl sites for hydroxylation is 4. The van der Waals surface area contributed by atoms with Gasteiger partial charge >= 0.3 is 0 Å². The molecule has 2 aromatic heterocycles. The summed E-state index contributed by atoms with van der Waals surface area (Å²) in [5.74, 6) is 1.99. The molecule has 1 unspecified atom stereocenters. The Balaban J connectivity index is 1.73. The summed E-state index contributed by atoms with van der Waals surface area (Å²) in [5.41, 5.74) is 5.38. The van der Waals surface area contributed by atoms with E-state index in [0.29, 0.717) is 0 Å². The van der Waals surface area contributed by atoms with Gasteiger partial charge in [0.25, 0.3) is 0 Å². The highest BCUT2D eigenvalue weighted by molar-refractivity contribution is 5.29. The number of hydrogen-bond acceptors (Lipinski definition) is 3. The van der Waals surface area contributed by atoms with Gasteiger partial charge in [0.2, 0.25) is 0 Å². The van der Waals surface area contributed by atoms with E-state index in [9.17, 15) is 0 Å². The molecule has 0 fully saturated rings. The normalized spacial score (nSPS) is 16.0. The molecule has 1 aliphatic rings. The van der Waals surface area contributed by atoms with E-state index < -0.39 is 0 Å². The molecule has 0 spiro atoms. The molecule has 0 saturated heterocycles. The van der Waals surface area contributed by atoms with Gasteiger partial charge in [0.05, 0.1) is 11.4 Å². The van der Waals surface area contributed by atoms with Crippen molar-refractivity contribution in [3.8, 4) is 0 Å². The van der Waals surface area contributed by atoms with Crippen molar-refractivity contribution in [3.63, 3.8) is 0 Å². The van der Waals surface area contributed by atoms with Crippen LogP contribution in [-0.4, -0.2) is 9.78 Å². The molecule has 1 aliphatic carbocycles. The first-order valence-corrected chi connectivity index (χ1v) is 7.90. The average molecular weight is 287 g/mol. The lowest BCUT2D eigenvalue weighted by Crippen LogP contribution is -2.21. The van der Waals surface area contributed by atoms with Gasteiger partial charge in [-0.05, 0) is 58.1 Å². The zero-order valence-electron chi connectivity index (χ0n) is 13.5. The Morgan fingerprint density at radius 3 is 2.81 bits per heavy atom. The highest BCUT2D eigenvalue weighted by Crippen LogP contribution is 2.25. The Kier molecular flexibility index (Phi) is 3.89. The maximum Gasteiger partial charge on any atom is 0.105 e. The number of nitrogens with zero attached hydrogens (tertiary/aromatic N) is 2. The summed E-state index contributed by atoms with van der Waals surface area (Å²) < 4.78 is 7.69. The first kappa shape index (κ1) is 14.4. The van der Waals surface area contributed by atoms with Crippen LogP contribution in [0.5, 0.6) is 0 Å². The van der Waals surface area contributed by atoms with Crippen LogP contribution in [0, 0.1) is 13.8 Å². The lowest BCUT2D eigenvalue weighted by Gasteiger charge is -2.15. The molecule has 21 heavy (non-hydrogen) atoms. The summed E-state index contributed by atoms with van der Waals surface area (Å²) in [4.78, 5) is 0. The van der Waals surface area contributed by atoms with Gasteiger partial charge in [0.15, 0.2) is 0 Å². The van der Waals surface area contributed by atoms with E-state index in [4.69, 9.17) is 4.42 Å². The molecule has 0 saturated carbocycles. The number of aromatic nitrogens is 2. The summed E-state index contributed by atoms with van der Waals surface area (Å²) in [6, 6.07) is 2.42. The Hall–Kier alpha value is -1.55. The van der Waals surface area contributed by atoms with Crippen molar-refractivity contribution in [2.45, 2.75) is 59.0 Å². The minimum atomic E-state index is 0.289. The molecule has 3 rings (SSSR count). The van der Waals surface area contributed by atoms with Crippen molar-refractivity contribution in [3.05, 3.63) is 40.1 Å². The second-order valence-corrected chi connectivity index (χ2v) is 6.17. The number of hydrogen-bond donors (Lipinski definition) is 1. The van der Waals surface area contributed by atoms with Crippen LogP contribution in [0.1, 0.15) is 59.8 Å². The first-order chi connectivity index (χ1) is 10.1. The largest absolute Gasteiger partial charge is 0.466 e. The number of nitrogens with one attached hydrogen (secondary N) is 1. The van der Waals surface area contributed by atoms with Crippen molar-refractivity contribution >= 4 is 0 Å². The van der Waals surface area contributed by atoms with Gasteiger partial charge < -0.3 is 9.73 Å². The van der Waals surface area contributed by atoms with Gasteiger partial charge in [-0.25, -0.2) is 0 Å². The minimum absolute atomic E-state index is 0.289. The third-order valence-corrected chi connectivity index (χ3v) is 4.57. The van der Waals surface area contributed by atoms with Crippen LogP contribution in [0.4, 0.5) is 0 Å². The Morgan fingerprint density at radius 2 is 2.10 bits per heavy atom. The molecule has 0 aromatic carbocycles. The molecule has 2 aromatic rings. The van der Waals surface area contributed by atoms with Gasteiger partial charge in [-0.3, -0.25) is 4.68 Å². The fourth-order valence-corrected chi connectivity index (χ4v) is 3.41. The van der Waals surface area contributed by atoms with Gasteiger partial charge in [0, 0.05) is 25.2 Å². The first-order valence-electron chi connectivity index (χ1n) is 7.90.